The number of anilines is 2. The third-order valence-electron chi connectivity index (χ3n) is 7.24. The van der Waals surface area contributed by atoms with Gasteiger partial charge in [0.2, 0.25) is 0 Å². The molecule has 2 rings (SSSR count). The first-order valence-corrected chi connectivity index (χ1v) is 15.8. The number of carbonyl (C=O) groups excluding carboxylic acids is 1. The summed E-state index contributed by atoms with van der Waals surface area (Å²) >= 11 is 5.86. The Morgan fingerprint density at radius 1 is 0.854 bits per heavy atom. The first-order chi connectivity index (χ1) is 19.8. The number of carbonyl (C=O) groups is 1. The highest BCUT2D eigenvalue weighted by Crippen LogP contribution is 2.19. The van der Waals surface area contributed by atoms with E-state index in [0.29, 0.717) is 12.1 Å². The molecule has 0 aliphatic heterocycles. The van der Waals surface area contributed by atoms with E-state index in [9.17, 15) is 4.79 Å². The highest BCUT2D eigenvalue weighted by Gasteiger charge is 2.17. The maximum absolute atomic E-state index is 12.4. The van der Waals surface area contributed by atoms with Crippen LogP contribution in [0.2, 0.25) is 5.15 Å². The minimum absolute atomic E-state index is 0.0127. The molecular formula is C32H51ClN6O2. The van der Waals surface area contributed by atoms with Gasteiger partial charge in [-0.15, -0.1) is 0 Å². The standard InChI is InChI=1S/C32H51ClN6O2/c1-3-5-7-12-20-39(21-13-8-6-4-2)22-23-41-27-18-16-25(17-19-27)14-10-9-11-15-26(34)24-28(40)29-31(35)38-32(36)30(33)37-29/h16-19,34H,3-15,20-24H2,1-2H3,(H4,35,36,38). The van der Waals surface area contributed by atoms with Crippen molar-refractivity contribution in [1.82, 2.24) is 14.9 Å². The molecule has 0 saturated heterocycles. The Balaban J connectivity index is 1.64. The lowest BCUT2D eigenvalue weighted by atomic mass is 10.0. The van der Waals surface area contributed by atoms with Crippen LogP contribution < -0.4 is 16.2 Å². The van der Waals surface area contributed by atoms with E-state index >= 15 is 0 Å². The average Bonchev–Trinajstić information content (AvgIpc) is 2.95. The van der Waals surface area contributed by atoms with Crippen molar-refractivity contribution in [2.45, 2.75) is 104 Å². The van der Waals surface area contributed by atoms with Crippen molar-refractivity contribution in [2.24, 2.45) is 0 Å². The normalized spacial score (nSPS) is 11.2. The van der Waals surface area contributed by atoms with Gasteiger partial charge in [-0.2, -0.15) is 0 Å². The molecule has 0 aliphatic carbocycles. The van der Waals surface area contributed by atoms with Gasteiger partial charge in [0, 0.05) is 12.3 Å². The number of hydrogen-bond acceptors (Lipinski definition) is 8. The van der Waals surface area contributed by atoms with Gasteiger partial charge >= 0.3 is 0 Å². The molecule has 1 aromatic heterocycles. The summed E-state index contributed by atoms with van der Waals surface area (Å²) in [6.45, 7) is 8.57. The summed E-state index contributed by atoms with van der Waals surface area (Å²) < 4.78 is 6.08. The zero-order chi connectivity index (χ0) is 29.9. The summed E-state index contributed by atoms with van der Waals surface area (Å²) in [4.78, 5) is 22.8. The monoisotopic (exact) mass is 586 g/mol. The highest BCUT2D eigenvalue weighted by molar-refractivity contribution is 6.31. The summed E-state index contributed by atoms with van der Waals surface area (Å²) in [7, 11) is 0. The Morgan fingerprint density at radius 2 is 1.49 bits per heavy atom. The van der Waals surface area contributed by atoms with Gasteiger partial charge in [-0.3, -0.25) is 9.69 Å². The number of aryl methyl sites for hydroxylation is 1. The van der Waals surface area contributed by atoms with Crippen LogP contribution in [0.3, 0.4) is 0 Å². The minimum atomic E-state index is -0.365. The third-order valence-corrected chi connectivity index (χ3v) is 7.52. The maximum Gasteiger partial charge on any atom is 0.190 e. The summed E-state index contributed by atoms with van der Waals surface area (Å²) in [5.41, 5.74) is 12.9. The van der Waals surface area contributed by atoms with Gasteiger partial charge in [0.1, 0.15) is 12.4 Å². The number of aromatic nitrogens is 2. The van der Waals surface area contributed by atoms with Gasteiger partial charge in [0.05, 0.1) is 6.42 Å². The Labute approximate surface area is 252 Å². The quantitative estimate of drug-likeness (QED) is 0.0696. The van der Waals surface area contributed by atoms with Crippen molar-refractivity contribution in [2.75, 3.05) is 37.7 Å². The van der Waals surface area contributed by atoms with Crippen molar-refractivity contribution in [3.63, 3.8) is 0 Å². The number of nitrogens with one attached hydrogen (secondary N) is 1. The molecule has 0 bridgehead atoms. The molecule has 2 aromatic rings. The number of nitrogens with two attached hydrogens (primary N) is 2. The molecule has 0 atom stereocenters. The predicted molar refractivity (Wildman–Crippen MR) is 171 cm³/mol. The summed E-state index contributed by atoms with van der Waals surface area (Å²) in [6.07, 6.45) is 14.7. The van der Waals surface area contributed by atoms with E-state index in [4.69, 9.17) is 33.2 Å². The number of unbranched alkanes of at least 4 members (excludes halogenated alkanes) is 8. The van der Waals surface area contributed by atoms with Gasteiger partial charge in [-0.25, -0.2) is 9.97 Å². The largest absolute Gasteiger partial charge is 0.492 e. The number of halogens is 1. The topological polar surface area (TPSA) is 131 Å². The van der Waals surface area contributed by atoms with Crippen molar-refractivity contribution >= 4 is 34.7 Å². The van der Waals surface area contributed by atoms with Crippen LogP contribution in [0.5, 0.6) is 5.75 Å². The molecule has 0 unspecified atom stereocenters. The molecule has 9 heteroatoms. The van der Waals surface area contributed by atoms with E-state index in [0.717, 1.165) is 44.6 Å². The molecule has 0 saturated carbocycles. The van der Waals surface area contributed by atoms with Crippen molar-refractivity contribution in [3.05, 3.63) is 40.7 Å². The number of rotatable bonds is 23. The Bertz CT molecular complexity index is 1040. The summed E-state index contributed by atoms with van der Waals surface area (Å²) in [6, 6.07) is 8.43. The van der Waals surface area contributed by atoms with E-state index in [2.05, 4.69) is 53.0 Å². The van der Waals surface area contributed by atoms with Crippen LogP contribution in [0.4, 0.5) is 11.6 Å². The van der Waals surface area contributed by atoms with E-state index in [1.54, 1.807) is 0 Å². The van der Waals surface area contributed by atoms with E-state index in [1.807, 2.05) is 0 Å². The Hall–Kier alpha value is -2.71. The molecule has 1 aromatic carbocycles. The van der Waals surface area contributed by atoms with Crippen LogP contribution in [-0.2, 0) is 6.42 Å². The molecule has 0 radical (unpaired) electrons. The van der Waals surface area contributed by atoms with E-state index < -0.39 is 0 Å². The number of hydrogen-bond donors (Lipinski definition) is 3. The minimum Gasteiger partial charge on any atom is -0.492 e. The lowest BCUT2D eigenvalue weighted by Crippen LogP contribution is -2.30. The molecule has 41 heavy (non-hydrogen) atoms. The number of nitrogens with zero attached hydrogens (tertiary/aromatic N) is 3. The summed E-state index contributed by atoms with van der Waals surface area (Å²) in [5, 5.41) is 8.10. The number of nitrogen functional groups attached to an aromatic ring is 2. The number of benzene rings is 1. The second-order valence-electron chi connectivity index (χ2n) is 10.9. The molecule has 5 N–H and O–H groups in total. The Morgan fingerprint density at radius 3 is 2.12 bits per heavy atom. The van der Waals surface area contributed by atoms with Gasteiger partial charge < -0.3 is 21.6 Å². The van der Waals surface area contributed by atoms with Crippen molar-refractivity contribution < 1.29 is 9.53 Å². The molecular weight excluding hydrogens is 536 g/mol. The van der Waals surface area contributed by atoms with Crippen LogP contribution in [-0.4, -0.2) is 52.6 Å². The number of ether oxygens (including phenoxy) is 1. The van der Waals surface area contributed by atoms with Crippen molar-refractivity contribution in [3.8, 4) is 5.75 Å². The molecule has 0 spiro atoms. The smallest absolute Gasteiger partial charge is 0.190 e. The predicted octanol–water partition coefficient (Wildman–Crippen LogP) is 7.53. The molecule has 0 aliphatic rings. The highest BCUT2D eigenvalue weighted by atomic mass is 35.5. The fourth-order valence-electron chi connectivity index (χ4n) is 4.76. The zero-order valence-corrected chi connectivity index (χ0v) is 26.0. The maximum atomic E-state index is 12.4. The fraction of sp³-hybridized carbons (Fsp3) is 0.625. The van der Waals surface area contributed by atoms with Crippen LogP contribution in [0.15, 0.2) is 24.3 Å². The van der Waals surface area contributed by atoms with Crippen LogP contribution in [0, 0.1) is 5.41 Å². The first kappa shape index (κ1) is 34.5. The van der Waals surface area contributed by atoms with Crippen molar-refractivity contribution in [1.29, 1.82) is 5.41 Å². The lowest BCUT2D eigenvalue weighted by molar-refractivity contribution is 0.0996. The molecule has 8 nitrogen and oxygen atoms in total. The molecule has 0 fully saturated rings. The number of Topliss-reactive ketones (excluding diaryl/α,β-unsaturated/α-hetero) is 1. The first-order valence-electron chi connectivity index (χ1n) is 15.5. The second kappa shape index (κ2) is 20.2. The Kier molecular flexibility index (Phi) is 17.0. The van der Waals surface area contributed by atoms with E-state index in [1.165, 1.54) is 70.0 Å². The van der Waals surface area contributed by atoms with E-state index in [-0.39, 0.29) is 34.7 Å². The summed E-state index contributed by atoms with van der Waals surface area (Å²) in [5.74, 6) is 0.493. The molecule has 228 valence electrons. The van der Waals surface area contributed by atoms with Crippen LogP contribution in [0.25, 0.3) is 0 Å². The van der Waals surface area contributed by atoms with Crippen LogP contribution in [0.1, 0.15) is 113 Å². The van der Waals surface area contributed by atoms with Gasteiger partial charge in [-0.1, -0.05) is 82.5 Å². The van der Waals surface area contributed by atoms with Gasteiger partial charge in [0.25, 0.3) is 0 Å². The zero-order valence-electron chi connectivity index (χ0n) is 25.2. The fourth-order valence-corrected chi connectivity index (χ4v) is 4.89. The number of ketones is 1. The second-order valence-corrected chi connectivity index (χ2v) is 11.2. The van der Waals surface area contributed by atoms with Gasteiger partial charge in [0.15, 0.2) is 28.3 Å². The lowest BCUT2D eigenvalue weighted by Gasteiger charge is -2.22. The van der Waals surface area contributed by atoms with Crippen LogP contribution >= 0.6 is 11.6 Å². The molecule has 1 heterocycles. The average molecular weight is 587 g/mol. The third kappa shape index (κ3) is 14.1. The van der Waals surface area contributed by atoms with Gasteiger partial charge in [-0.05, 0) is 69.3 Å². The molecule has 0 amide bonds. The SMILES string of the molecule is CCCCCCN(CCCCCC)CCOc1ccc(CCCCCC(=N)CC(=O)c2nc(Cl)c(N)nc2N)cc1.